The minimum Gasteiger partial charge on any atom is -0.461 e. The number of aliphatic hydroxyl groups is 6. The molecule has 5 unspecified atom stereocenters. The maximum Gasteiger partial charge on any atom is 0.308 e. The summed E-state index contributed by atoms with van der Waals surface area (Å²) in [5, 5.41) is 58.0. The van der Waals surface area contributed by atoms with Crippen LogP contribution in [0, 0.1) is 0 Å². The Morgan fingerprint density at radius 1 is 0.476 bits per heavy atom. The molecule has 0 aromatic carbocycles. The molecule has 244 valence electrons. The number of esters is 5. The van der Waals surface area contributed by atoms with Crippen LogP contribution in [0.5, 0.6) is 0 Å². The maximum atomic E-state index is 12.7. The second-order valence-corrected chi connectivity index (χ2v) is 10.1. The van der Waals surface area contributed by atoms with Crippen molar-refractivity contribution in [2.45, 2.75) is 122 Å². The Hall–Kier alpha value is -2.89. The number of ether oxygens (including phenoxy) is 5. The van der Waals surface area contributed by atoms with Gasteiger partial charge >= 0.3 is 29.8 Å². The van der Waals surface area contributed by atoms with Crippen molar-refractivity contribution in [3.63, 3.8) is 0 Å². The van der Waals surface area contributed by atoms with Crippen LogP contribution in [-0.4, -0.2) is 129 Å². The zero-order chi connectivity index (χ0) is 32.6. The highest BCUT2D eigenvalue weighted by atomic mass is 16.6. The molecule has 0 spiro atoms. The second kappa shape index (κ2) is 20.1. The molecular weight excluding hydrogens is 568 g/mol. The van der Waals surface area contributed by atoms with E-state index in [1.807, 2.05) is 0 Å². The first-order chi connectivity index (χ1) is 19.4. The summed E-state index contributed by atoms with van der Waals surface area (Å²) < 4.78 is 26.3. The van der Waals surface area contributed by atoms with Crippen LogP contribution < -0.4 is 0 Å². The van der Waals surface area contributed by atoms with Gasteiger partial charge in [-0.15, -0.1) is 0 Å². The van der Waals surface area contributed by atoms with Gasteiger partial charge in [0.05, 0.1) is 69.2 Å². The van der Waals surface area contributed by atoms with Gasteiger partial charge in [-0.1, -0.05) is 0 Å². The van der Waals surface area contributed by atoms with Gasteiger partial charge in [-0.05, 0) is 34.6 Å². The van der Waals surface area contributed by atoms with E-state index in [0.717, 1.165) is 0 Å². The average Bonchev–Trinajstić information content (AvgIpc) is 2.80. The Morgan fingerprint density at radius 3 is 1.10 bits per heavy atom. The van der Waals surface area contributed by atoms with Crippen LogP contribution in [0.1, 0.15) is 66.7 Å². The lowest BCUT2D eigenvalue weighted by Crippen LogP contribution is -2.54. The number of carbonyl (C=O) groups excluding carboxylic acids is 5. The summed E-state index contributed by atoms with van der Waals surface area (Å²) in [7, 11) is 0. The van der Waals surface area contributed by atoms with E-state index in [1.54, 1.807) is 0 Å². The van der Waals surface area contributed by atoms with E-state index in [4.69, 9.17) is 23.7 Å². The molecule has 0 heterocycles. The van der Waals surface area contributed by atoms with E-state index in [-0.39, 0.29) is 0 Å². The Bertz CT molecular complexity index is 853. The summed E-state index contributed by atoms with van der Waals surface area (Å²) in [6, 6.07) is 0. The highest BCUT2D eigenvalue weighted by Gasteiger charge is 2.45. The highest BCUT2D eigenvalue weighted by molar-refractivity contribution is 5.73. The molecule has 0 aliphatic carbocycles. The standard InChI is InChI=1S/C26H44O16/c1-13(28)6-20(33)38-12-19(40-22(35)8-15(3)30)26(42-24(37)10-17(5)32)25(41-23(36)9-16(4)31)18(11-27)39-21(34)7-14(2)29/h13-19,25-32H,6-12H2,1-5H3/t13?,14?,15?,16?,17?,18-,19+,25+,26+/m0/s1. The van der Waals surface area contributed by atoms with E-state index < -0.39 is 130 Å². The van der Waals surface area contributed by atoms with Gasteiger partial charge in [-0.3, -0.25) is 24.0 Å². The van der Waals surface area contributed by atoms with E-state index in [2.05, 4.69) is 0 Å². The van der Waals surface area contributed by atoms with Gasteiger partial charge < -0.3 is 54.3 Å². The van der Waals surface area contributed by atoms with Gasteiger partial charge in [0.2, 0.25) is 0 Å². The van der Waals surface area contributed by atoms with Crippen molar-refractivity contribution >= 4 is 29.8 Å². The molecule has 6 N–H and O–H groups in total. The SMILES string of the molecule is CC(O)CC(=O)OC[C@@H](OC(=O)CC(C)O)[C@@H](OC(=O)CC(C)O)[C@H](OC(=O)CC(C)O)[C@H](CO)OC(=O)CC(C)O. The Labute approximate surface area is 243 Å². The molecule has 0 bridgehead atoms. The van der Waals surface area contributed by atoms with Gasteiger partial charge in [0.15, 0.2) is 24.4 Å². The molecule has 0 radical (unpaired) electrons. The lowest BCUT2D eigenvalue weighted by atomic mass is 10.0. The first-order valence-electron chi connectivity index (χ1n) is 13.4. The summed E-state index contributed by atoms with van der Waals surface area (Å²) in [5.74, 6) is -5.39. The lowest BCUT2D eigenvalue weighted by molar-refractivity contribution is -0.209. The maximum absolute atomic E-state index is 12.7. The topological polar surface area (TPSA) is 253 Å². The van der Waals surface area contributed by atoms with Gasteiger partial charge in [0.25, 0.3) is 0 Å². The number of carbonyl (C=O) groups is 5. The summed E-state index contributed by atoms with van der Waals surface area (Å²) in [6.45, 7) is 4.42. The van der Waals surface area contributed by atoms with Gasteiger partial charge in [0, 0.05) is 0 Å². The molecule has 0 aliphatic heterocycles. The number of rotatable bonds is 20. The molecule has 0 aromatic rings. The van der Waals surface area contributed by atoms with Crippen LogP contribution in [0.15, 0.2) is 0 Å². The lowest BCUT2D eigenvalue weighted by Gasteiger charge is -2.35. The molecule has 0 aliphatic rings. The van der Waals surface area contributed by atoms with E-state index in [1.165, 1.54) is 34.6 Å². The van der Waals surface area contributed by atoms with E-state index >= 15 is 0 Å². The van der Waals surface area contributed by atoms with Gasteiger partial charge in [-0.25, -0.2) is 0 Å². The Balaban J connectivity index is 6.78. The zero-order valence-electron chi connectivity index (χ0n) is 24.4. The zero-order valence-corrected chi connectivity index (χ0v) is 24.4. The Kier molecular flexibility index (Phi) is 18.7. The number of hydrogen-bond acceptors (Lipinski definition) is 16. The fourth-order valence-corrected chi connectivity index (χ4v) is 3.39. The molecule has 9 atom stereocenters. The minimum atomic E-state index is -1.97. The normalized spacial score (nSPS) is 17.7. The van der Waals surface area contributed by atoms with Crippen molar-refractivity contribution in [2.75, 3.05) is 13.2 Å². The first-order valence-corrected chi connectivity index (χ1v) is 13.4. The van der Waals surface area contributed by atoms with Crippen molar-refractivity contribution < 1.29 is 78.3 Å². The van der Waals surface area contributed by atoms with Gasteiger partial charge in [-0.2, -0.15) is 0 Å². The summed E-state index contributed by atoms with van der Waals surface area (Å²) in [5.41, 5.74) is 0. The van der Waals surface area contributed by atoms with Gasteiger partial charge in [0.1, 0.15) is 6.61 Å². The van der Waals surface area contributed by atoms with Crippen LogP contribution in [0.3, 0.4) is 0 Å². The smallest absolute Gasteiger partial charge is 0.308 e. The molecule has 16 nitrogen and oxygen atoms in total. The third-order valence-electron chi connectivity index (χ3n) is 5.06. The number of hydrogen-bond donors (Lipinski definition) is 6. The largest absolute Gasteiger partial charge is 0.461 e. The van der Waals surface area contributed by atoms with Crippen LogP contribution in [0.4, 0.5) is 0 Å². The van der Waals surface area contributed by atoms with Crippen molar-refractivity contribution in [1.82, 2.24) is 0 Å². The highest BCUT2D eigenvalue weighted by Crippen LogP contribution is 2.22. The van der Waals surface area contributed by atoms with Crippen molar-refractivity contribution in [2.24, 2.45) is 0 Å². The van der Waals surface area contributed by atoms with E-state index in [9.17, 15) is 54.6 Å². The fraction of sp³-hybridized carbons (Fsp3) is 0.808. The third kappa shape index (κ3) is 17.8. The first kappa shape index (κ1) is 39.1. The van der Waals surface area contributed by atoms with Crippen LogP contribution in [0.25, 0.3) is 0 Å². The molecule has 0 saturated heterocycles. The molecule has 16 heteroatoms. The summed E-state index contributed by atoms with van der Waals surface area (Å²) >= 11 is 0. The molecule has 0 aromatic heterocycles. The van der Waals surface area contributed by atoms with Crippen molar-refractivity contribution in [3.8, 4) is 0 Å². The quantitative estimate of drug-likeness (QED) is 0.0643. The van der Waals surface area contributed by atoms with Crippen molar-refractivity contribution in [1.29, 1.82) is 0 Å². The summed E-state index contributed by atoms with van der Waals surface area (Å²) in [4.78, 5) is 62.3. The van der Waals surface area contributed by atoms with Crippen LogP contribution in [0.2, 0.25) is 0 Å². The minimum absolute atomic E-state index is 0.482. The van der Waals surface area contributed by atoms with Crippen molar-refractivity contribution in [3.05, 3.63) is 0 Å². The Morgan fingerprint density at radius 2 is 0.762 bits per heavy atom. The number of aliphatic hydroxyl groups excluding tert-OH is 6. The summed E-state index contributed by atoms with van der Waals surface area (Å²) in [6.07, 6.45) is -16.3. The van der Waals surface area contributed by atoms with Crippen LogP contribution >= 0.6 is 0 Å². The molecule has 0 amide bonds. The predicted molar refractivity (Wildman–Crippen MR) is 139 cm³/mol. The molecule has 0 saturated carbocycles. The second-order valence-electron chi connectivity index (χ2n) is 10.1. The molecule has 42 heavy (non-hydrogen) atoms. The van der Waals surface area contributed by atoms with E-state index in [0.29, 0.717) is 0 Å². The monoisotopic (exact) mass is 612 g/mol. The molecule has 0 rings (SSSR count). The molecular formula is C26H44O16. The van der Waals surface area contributed by atoms with Crippen LogP contribution in [-0.2, 0) is 47.7 Å². The fourth-order valence-electron chi connectivity index (χ4n) is 3.39. The predicted octanol–water partition coefficient (Wildman–Crippen LogP) is -1.98. The average molecular weight is 613 g/mol. The molecule has 0 fully saturated rings. The third-order valence-corrected chi connectivity index (χ3v) is 5.06.